The molecule has 1 N–H and O–H groups in total. The van der Waals surface area contributed by atoms with Crippen molar-refractivity contribution in [1.29, 1.82) is 0 Å². The van der Waals surface area contributed by atoms with Crippen LogP contribution in [0.1, 0.15) is 25.8 Å². The number of rotatable bonds is 7. The predicted octanol–water partition coefficient (Wildman–Crippen LogP) is 2.28. The molecule has 0 fully saturated rings. The molecule has 0 saturated carbocycles. The van der Waals surface area contributed by atoms with Crippen LogP contribution in [-0.2, 0) is 0 Å². The normalized spacial score (nSPS) is 10.2. The third-order valence-corrected chi connectivity index (χ3v) is 2.91. The van der Waals surface area contributed by atoms with Gasteiger partial charge in [-0.3, -0.25) is 0 Å². The Labute approximate surface area is 120 Å². The summed E-state index contributed by atoms with van der Waals surface area (Å²) in [6.45, 7) is 7.49. The van der Waals surface area contributed by atoms with Crippen molar-refractivity contribution in [3.05, 3.63) is 29.6 Å². The summed E-state index contributed by atoms with van der Waals surface area (Å²) >= 11 is 0. The summed E-state index contributed by atoms with van der Waals surface area (Å²) < 4.78 is 19.0. The number of ether oxygens (including phenoxy) is 1. The van der Waals surface area contributed by atoms with E-state index in [0.717, 1.165) is 19.6 Å². The van der Waals surface area contributed by atoms with E-state index in [9.17, 15) is 4.39 Å². The summed E-state index contributed by atoms with van der Waals surface area (Å²) in [5, 5.41) is 8.66. The molecular weight excluding hydrogens is 257 g/mol. The van der Waals surface area contributed by atoms with Crippen LogP contribution in [0, 0.1) is 17.7 Å². The molecule has 4 heteroatoms. The first-order valence-corrected chi connectivity index (χ1v) is 6.95. The van der Waals surface area contributed by atoms with Crippen LogP contribution >= 0.6 is 0 Å². The first-order chi connectivity index (χ1) is 9.69. The van der Waals surface area contributed by atoms with Gasteiger partial charge in [0.25, 0.3) is 0 Å². The van der Waals surface area contributed by atoms with E-state index >= 15 is 0 Å². The zero-order chi connectivity index (χ0) is 14.8. The lowest BCUT2D eigenvalue weighted by atomic mass is 10.2. The maximum absolute atomic E-state index is 13.4. The zero-order valence-corrected chi connectivity index (χ0v) is 12.2. The molecule has 110 valence electrons. The van der Waals surface area contributed by atoms with Gasteiger partial charge in [-0.25, -0.2) is 4.39 Å². The van der Waals surface area contributed by atoms with Crippen LogP contribution in [0.3, 0.4) is 0 Å². The van der Waals surface area contributed by atoms with Crippen LogP contribution in [-0.4, -0.2) is 42.9 Å². The Kier molecular flexibility index (Phi) is 7.71. The lowest BCUT2D eigenvalue weighted by Gasteiger charge is -2.18. The molecule has 1 aromatic rings. The average Bonchev–Trinajstić information content (AvgIpc) is 2.43. The molecule has 0 radical (unpaired) electrons. The predicted molar refractivity (Wildman–Crippen MR) is 78.3 cm³/mol. The number of aliphatic hydroxyl groups excluding tert-OH is 1. The Morgan fingerprint density at radius 1 is 1.25 bits per heavy atom. The monoisotopic (exact) mass is 279 g/mol. The van der Waals surface area contributed by atoms with Crippen LogP contribution in [0.25, 0.3) is 0 Å². The smallest absolute Gasteiger partial charge is 0.128 e. The molecule has 0 aliphatic rings. The van der Waals surface area contributed by atoms with Gasteiger partial charge >= 0.3 is 0 Å². The minimum absolute atomic E-state index is 0.00947. The number of aliphatic hydroxyl groups is 1. The lowest BCUT2D eigenvalue weighted by Crippen LogP contribution is -2.27. The van der Waals surface area contributed by atoms with E-state index in [2.05, 4.69) is 30.6 Å². The van der Waals surface area contributed by atoms with Crippen LogP contribution < -0.4 is 4.74 Å². The second kappa shape index (κ2) is 9.35. The maximum Gasteiger partial charge on any atom is 0.128 e. The molecule has 0 aromatic heterocycles. The molecule has 0 spiro atoms. The standard InChI is InChI=1S/C16H22FNO2/c1-3-18(4-2)8-10-20-16-12-14(7-5-6-9-19)11-15(17)13-16/h11-13,19H,3-4,6,8-10H2,1-2H3. The van der Waals surface area contributed by atoms with E-state index in [1.54, 1.807) is 6.07 Å². The second-order valence-corrected chi connectivity index (χ2v) is 4.33. The summed E-state index contributed by atoms with van der Waals surface area (Å²) in [6.07, 6.45) is 0.384. The molecule has 20 heavy (non-hydrogen) atoms. The molecule has 0 atom stereocenters. The van der Waals surface area contributed by atoms with Gasteiger partial charge in [0.2, 0.25) is 0 Å². The Morgan fingerprint density at radius 3 is 2.65 bits per heavy atom. The molecular formula is C16H22FNO2. The van der Waals surface area contributed by atoms with E-state index in [-0.39, 0.29) is 12.4 Å². The van der Waals surface area contributed by atoms with Crippen molar-refractivity contribution in [2.75, 3.05) is 32.8 Å². The molecule has 0 saturated heterocycles. The Bertz CT molecular complexity index is 461. The van der Waals surface area contributed by atoms with Crippen LogP contribution in [0.4, 0.5) is 4.39 Å². The molecule has 0 bridgehead atoms. The van der Waals surface area contributed by atoms with Gasteiger partial charge in [0, 0.05) is 24.6 Å². The van der Waals surface area contributed by atoms with Gasteiger partial charge in [-0.2, -0.15) is 0 Å². The summed E-state index contributed by atoms with van der Waals surface area (Å²) in [6, 6.07) is 4.44. The van der Waals surface area contributed by atoms with Gasteiger partial charge in [0.15, 0.2) is 0 Å². The third-order valence-electron chi connectivity index (χ3n) is 2.91. The van der Waals surface area contributed by atoms with Crippen molar-refractivity contribution in [1.82, 2.24) is 4.90 Å². The molecule has 0 heterocycles. The van der Waals surface area contributed by atoms with E-state index < -0.39 is 0 Å². The third kappa shape index (κ3) is 6.05. The second-order valence-electron chi connectivity index (χ2n) is 4.33. The van der Waals surface area contributed by atoms with E-state index in [1.807, 2.05) is 0 Å². The number of halogens is 1. The SMILES string of the molecule is CCN(CC)CCOc1cc(F)cc(C#CCCO)c1. The van der Waals surface area contributed by atoms with Crippen molar-refractivity contribution < 1.29 is 14.2 Å². The number of nitrogens with zero attached hydrogens (tertiary/aromatic N) is 1. The molecule has 3 nitrogen and oxygen atoms in total. The number of hydrogen-bond acceptors (Lipinski definition) is 3. The Hall–Kier alpha value is -1.57. The fourth-order valence-electron chi connectivity index (χ4n) is 1.77. The van der Waals surface area contributed by atoms with Gasteiger partial charge < -0.3 is 14.7 Å². The zero-order valence-electron chi connectivity index (χ0n) is 12.2. The highest BCUT2D eigenvalue weighted by Gasteiger charge is 2.02. The lowest BCUT2D eigenvalue weighted by molar-refractivity contribution is 0.222. The van der Waals surface area contributed by atoms with E-state index in [0.29, 0.717) is 24.3 Å². The van der Waals surface area contributed by atoms with Crippen molar-refractivity contribution in [2.45, 2.75) is 20.3 Å². The van der Waals surface area contributed by atoms with E-state index in [1.165, 1.54) is 12.1 Å². The Balaban J connectivity index is 2.60. The minimum Gasteiger partial charge on any atom is -0.492 e. The van der Waals surface area contributed by atoms with Crippen LogP contribution in [0.5, 0.6) is 5.75 Å². The van der Waals surface area contributed by atoms with Gasteiger partial charge in [0.05, 0.1) is 6.61 Å². The summed E-state index contributed by atoms with van der Waals surface area (Å²) in [7, 11) is 0. The fraction of sp³-hybridized carbons (Fsp3) is 0.500. The minimum atomic E-state index is -0.362. The molecule has 1 rings (SSSR count). The first kappa shape index (κ1) is 16.5. The van der Waals surface area contributed by atoms with Crippen molar-refractivity contribution in [2.24, 2.45) is 0 Å². The van der Waals surface area contributed by atoms with Gasteiger partial charge in [-0.05, 0) is 25.2 Å². The largest absolute Gasteiger partial charge is 0.492 e. The topological polar surface area (TPSA) is 32.7 Å². The van der Waals surface area contributed by atoms with Gasteiger partial charge in [-0.1, -0.05) is 25.7 Å². The molecule has 0 aliphatic heterocycles. The van der Waals surface area contributed by atoms with Crippen LogP contribution in [0.15, 0.2) is 18.2 Å². The fourth-order valence-corrected chi connectivity index (χ4v) is 1.77. The first-order valence-electron chi connectivity index (χ1n) is 6.95. The van der Waals surface area contributed by atoms with E-state index in [4.69, 9.17) is 9.84 Å². The highest BCUT2D eigenvalue weighted by Crippen LogP contribution is 2.16. The highest BCUT2D eigenvalue weighted by atomic mass is 19.1. The average molecular weight is 279 g/mol. The summed E-state index contributed by atoms with van der Waals surface area (Å²) in [4.78, 5) is 2.24. The van der Waals surface area contributed by atoms with Gasteiger partial charge in [-0.15, -0.1) is 0 Å². The summed E-state index contributed by atoms with van der Waals surface area (Å²) in [5.41, 5.74) is 0.566. The maximum atomic E-state index is 13.4. The number of likely N-dealkylation sites (N-methyl/N-ethyl adjacent to an activating group) is 1. The number of benzene rings is 1. The van der Waals surface area contributed by atoms with Crippen LogP contribution in [0.2, 0.25) is 0 Å². The van der Waals surface area contributed by atoms with Gasteiger partial charge in [0.1, 0.15) is 18.2 Å². The molecule has 0 aliphatic carbocycles. The van der Waals surface area contributed by atoms with Crippen molar-refractivity contribution in [3.63, 3.8) is 0 Å². The van der Waals surface area contributed by atoms with Crippen molar-refractivity contribution in [3.8, 4) is 17.6 Å². The van der Waals surface area contributed by atoms with Crippen molar-refractivity contribution >= 4 is 0 Å². The summed E-state index contributed by atoms with van der Waals surface area (Å²) in [5.74, 6) is 5.70. The molecule has 0 unspecified atom stereocenters. The molecule has 0 amide bonds. The molecule has 1 aromatic carbocycles. The Morgan fingerprint density at radius 2 is 2.00 bits per heavy atom. The highest BCUT2D eigenvalue weighted by molar-refractivity contribution is 5.40. The number of hydrogen-bond donors (Lipinski definition) is 1. The quantitative estimate of drug-likeness (QED) is 0.777.